The van der Waals surface area contributed by atoms with Gasteiger partial charge in [-0.25, -0.2) is 0 Å². The monoisotopic (exact) mass is 247 g/mol. The maximum Gasteiger partial charge on any atom is 0.0862 e. The van der Waals surface area contributed by atoms with Crippen molar-refractivity contribution in [1.82, 2.24) is 9.78 Å². The first-order valence-electron chi connectivity index (χ1n) is 6.77. The number of aryl methyl sites for hydroxylation is 2. The summed E-state index contributed by atoms with van der Waals surface area (Å²) < 4.78 is 7.52. The van der Waals surface area contributed by atoms with Crippen LogP contribution in [-0.2, 0) is 24.1 Å². The summed E-state index contributed by atoms with van der Waals surface area (Å²) in [6, 6.07) is 4.61. The van der Waals surface area contributed by atoms with Crippen molar-refractivity contribution < 1.29 is 4.74 Å². The lowest BCUT2D eigenvalue weighted by molar-refractivity contribution is 0.0215. The standard InChI is InChI=1S/C14H21N3O/c1-3-12-8-13(17(4-2)16-12)9-14(10-15)6-5-7-18-11-14/h8H,3-7,9,11H2,1-2H3. The lowest BCUT2D eigenvalue weighted by Gasteiger charge is -2.30. The number of ether oxygens (including phenoxy) is 1. The minimum Gasteiger partial charge on any atom is -0.380 e. The zero-order valence-electron chi connectivity index (χ0n) is 11.3. The number of aromatic nitrogens is 2. The van der Waals surface area contributed by atoms with Crippen LogP contribution in [0, 0.1) is 16.7 Å². The highest BCUT2D eigenvalue weighted by atomic mass is 16.5. The smallest absolute Gasteiger partial charge is 0.0862 e. The number of hydrogen-bond donors (Lipinski definition) is 0. The molecule has 1 fully saturated rings. The van der Waals surface area contributed by atoms with Crippen molar-refractivity contribution >= 4 is 0 Å². The molecule has 1 aromatic heterocycles. The van der Waals surface area contributed by atoms with E-state index in [0.717, 1.165) is 44.5 Å². The first kappa shape index (κ1) is 13.1. The largest absolute Gasteiger partial charge is 0.380 e. The second kappa shape index (κ2) is 5.53. The third-order valence-corrected chi connectivity index (χ3v) is 3.65. The van der Waals surface area contributed by atoms with Gasteiger partial charge in [0.2, 0.25) is 0 Å². The van der Waals surface area contributed by atoms with Gasteiger partial charge in [0.15, 0.2) is 0 Å². The highest BCUT2D eigenvalue weighted by molar-refractivity contribution is 5.16. The van der Waals surface area contributed by atoms with Crippen LogP contribution in [0.3, 0.4) is 0 Å². The first-order chi connectivity index (χ1) is 8.73. The molecule has 2 rings (SSSR count). The van der Waals surface area contributed by atoms with Crippen molar-refractivity contribution in [1.29, 1.82) is 5.26 Å². The molecular weight excluding hydrogens is 226 g/mol. The summed E-state index contributed by atoms with van der Waals surface area (Å²) in [6.07, 6.45) is 3.61. The SMILES string of the molecule is CCc1cc(CC2(C#N)CCCOC2)n(CC)n1. The average Bonchev–Trinajstić information content (AvgIpc) is 2.82. The lowest BCUT2D eigenvalue weighted by atomic mass is 9.80. The molecule has 1 atom stereocenters. The van der Waals surface area contributed by atoms with E-state index in [4.69, 9.17) is 4.74 Å². The Hall–Kier alpha value is -1.34. The fourth-order valence-electron chi connectivity index (χ4n) is 2.57. The van der Waals surface area contributed by atoms with Crippen LogP contribution in [0.5, 0.6) is 0 Å². The predicted molar refractivity (Wildman–Crippen MR) is 69.1 cm³/mol. The third kappa shape index (κ3) is 2.56. The van der Waals surface area contributed by atoms with Gasteiger partial charge in [0.1, 0.15) is 0 Å². The topological polar surface area (TPSA) is 50.8 Å². The van der Waals surface area contributed by atoms with Crippen LogP contribution in [0.25, 0.3) is 0 Å². The fourth-order valence-corrected chi connectivity index (χ4v) is 2.57. The zero-order chi connectivity index (χ0) is 13.0. The first-order valence-corrected chi connectivity index (χ1v) is 6.77. The van der Waals surface area contributed by atoms with Gasteiger partial charge in [0.05, 0.1) is 23.8 Å². The Balaban J connectivity index is 2.21. The van der Waals surface area contributed by atoms with Crippen molar-refractivity contribution in [2.45, 2.75) is 46.1 Å². The second-order valence-electron chi connectivity index (χ2n) is 5.02. The Kier molecular flexibility index (Phi) is 4.03. The van der Waals surface area contributed by atoms with Crippen LogP contribution >= 0.6 is 0 Å². The van der Waals surface area contributed by atoms with Gasteiger partial charge in [0, 0.05) is 25.3 Å². The molecule has 0 aromatic carbocycles. The summed E-state index contributed by atoms with van der Waals surface area (Å²) in [7, 11) is 0. The van der Waals surface area contributed by atoms with Crippen LogP contribution in [0.4, 0.5) is 0 Å². The van der Waals surface area contributed by atoms with Gasteiger partial charge in [-0.1, -0.05) is 6.92 Å². The van der Waals surface area contributed by atoms with E-state index in [1.807, 2.05) is 4.68 Å². The Morgan fingerprint density at radius 2 is 2.39 bits per heavy atom. The molecule has 0 spiro atoms. The zero-order valence-corrected chi connectivity index (χ0v) is 11.3. The molecule has 0 saturated carbocycles. The van der Waals surface area contributed by atoms with Crippen LogP contribution in [0.15, 0.2) is 6.07 Å². The van der Waals surface area contributed by atoms with Crippen molar-refractivity contribution in [3.05, 3.63) is 17.5 Å². The van der Waals surface area contributed by atoms with Crippen LogP contribution in [0.2, 0.25) is 0 Å². The van der Waals surface area contributed by atoms with Gasteiger partial charge < -0.3 is 4.74 Å². The maximum atomic E-state index is 9.47. The summed E-state index contributed by atoms with van der Waals surface area (Å²) in [4.78, 5) is 0. The molecule has 1 aliphatic heterocycles. The van der Waals surface area contributed by atoms with Crippen molar-refractivity contribution in [2.75, 3.05) is 13.2 Å². The maximum absolute atomic E-state index is 9.47. The second-order valence-corrected chi connectivity index (χ2v) is 5.02. The van der Waals surface area contributed by atoms with E-state index in [0.29, 0.717) is 6.61 Å². The van der Waals surface area contributed by atoms with Gasteiger partial charge in [0.25, 0.3) is 0 Å². The summed E-state index contributed by atoms with van der Waals surface area (Å²) in [6.45, 7) is 6.40. The number of rotatable bonds is 4. The molecule has 1 aromatic rings. The fraction of sp³-hybridized carbons (Fsp3) is 0.714. The molecule has 2 heterocycles. The highest BCUT2D eigenvalue weighted by Gasteiger charge is 2.34. The van der Waals surface area contributed by atoms with E-state index in [2.05, 4.69) is 31.1 Å². The number of hydrogen-bond acceptors (Lipinski definition) is 3. The van der Waals surface area contributed by atoms with Gasteiger partial charge in [-0.2, -0.15) is 10.4 Å². The summed E-state index contributed by atoms with van der Waals surface area (Å²) in [5, 5.41) is 14.0. The molecule has 18 heavy (non-hydrogen) atoms. The lowest BCUT2D eigenvalue weighted by Crippen LogP contribution is -2.33. The van der Waals surface area contributed by atoms with Gasteiger partial charge in [-0.15, -0.1) is 0 Å². The van der Waals surface area contributed by atoms with Crippen molar-refractivity contribution in [3.63, 3.8) is 0 Å². The van der Waals surface area contributed by atoms with Gasteiger partial charge in [-0.05, 0) is 32.3 Å². The van der Waals surface area contributed by atoms with E-state index in [9.17, 15) is 5.26 Å². The predicted octanol–water partition coefficient (Wildman–Crippen LogP) is 2.33. The Bertz CT molecular complexity index is 438. The quantitative estimate of drug-likeness (QED) is 0.820. The van der Waals surface area contributed by atoms with Gasteiger partial charge >= 0.3 is 0 Å². The number of nitrogens with zero attached hydrogens (tertiary/aromatic N) is 3. The van der Waals surface area contributed by atoms with Gasteiger partial charge in [-0.3, -0.25) is 4.68 Å². The Morgan fingerprint density at radius 1 is 1.56 bits per heavy atom. The molecule has 1 saturated heterocycles. The molecule has 4 nitrogen and oxygen atoms in total. The molecule has 0 N–H and O–H groups in total. The Labute approximate surface area is 109 Å². The Morgan fingerprint density at radius 3 is 2.94 bits per heavy atom. The number of nitriles is 1. The summed E-state index contributed by atoms with van der Waals surface area (Å²) >= 11 is 0. The van der Waals surface area contributed by atoms with E-state index in [-0.39, 0.29) is 5.41 Å². The van der Waals surface area contributed by atoms with Crippen LogP contribution < -0.4 is 0 Å². The van der Waals surface area contributed by atoms with Crippen molar-refractivity contribution in [2.24, 2.45) is 5.41 Å². The summed E-state index contributed by atoms with van der Waals surface area (Å²) in [5.41, 5.74) is 1.93. The molecule has 1 aliphatic rings. The molecule has 0 aliphatic carbocycles. The normalized spacial score (nSPS) is 23.8. The van der Waals surface area contributed by atoms with E-state index in [1.54, 1.807) is 0 Å². The summed E-state index contributed by atoms with van der Waals surface area (Å²) in [5.74, 6) is 0. The molecule has 0 radical (unpaired) electrons. The molecule has 98 valence electrons. The van der Waals surface area contributed by atoms with Crippen LogP contribution in [-0.4, -0.2) is 23.0 Å². The van der Waals surface area contributed by atoms with Crippen LogP contribution in [0.1, 0.15) is 38.1 Å². The average molecular weight is 247 g/mol. The molecule has 4 heteroatoms. The van der Waals surface area contributed by atoms with E-state index < -0.39 is 0 Å². The minimum absolute atomic E-state index is 0.351. The minimum atomic E-state index is -0.351. The molecular formula is C14H21N3O. The van der Waals surface area contributed by atoms with Crippen molar-refractivity contribution in [3.8, 4) is 6.07 Å². The molecule has 1 unspecified atom stereocenters. The molecule has 0 bridgehead atoms. The van der Waals surface area contributed by atoms with E-state index >= 15 is 0 Å². The van der Waals surface area contributed by atoms with E-state index in [1.165, 1.54) is 5.69 Å². The highest BCUT2D eigenvalue weighted by Crippen LogP contribution is 2.32. The molecule has 0 amide bonds. The third-order valence-electron chi connectivity index (χ3n) is 3.65.